The van der Waals surface area contributed by atoms with Crippen molar-refractivity contribution in [1.29, 1.82) is 0 Å². The van der Waals surface area contributed by atoms with Gasteiger partial charge in [-0.3, -0.25) is 25.8 Å². The third kappa shape index (κ3) is 7.71. The molecule has 3 N–H and O–H groups in total. The molecule has 0 aliphatic rings. The second-order valence-corrected chi connectivity index (χ2v) is 8.14. The number of thiocarbonyl (C=S) groups is 1. The Labute approximate surface area is 205 Å². The summed E-state index contributed by atoms with van der Waals surface area (Å²) >= 11 is 5.09. The Kier molecular flexibility index (Phi) is 9.61. The van der Waals surface area contributed by atoms with Crippen molar-refractivity contribution in [1.82, 2.24) is 16.2 Å². The summed E-state index contributed by atoms with van der Waals surface area (Å²) < 4.78 is 5.69. The largest absolute Gasteiger partial charge is 0.494 e. The molecule has 0 bridgehead atoms. The Bertz CT molecular complexity index is 1150. The maximum atomic E-state index is 12.3. The van der Waals surface area contributed by atoms with Gasteiger partial charge in [-0.2, -0.15) is 0 Å². The van der Waals surface area contributed by atoms with Crippen LogP contribution >= 0.6 is 12.2 Å². The van der Waals surface area contributed by atoms with Crippen LogP contribution in [-0.2, 0) is 4.79 Å². The first-order valence-electron chi connectivity index (χ1n) is 11.4. The number of hydrazine groups is 1. The van der Waals surface area contributed by atoms with Gasteiger partial charge >= 0.3 is 0 Å². The lowest BCUT2D eigenvalue weighted by atomic mass is 10.0. The molecule has 0 fully saturated rings. The normalized spacial score (nSPS) is 10.7. The Balaban J connectivity index is 1.43. The standard InChI is InChI=1S/C27H29N3O3S/c1-2-3-4-7-19-33-23-16-13-22(14-17-23)26(32)29-30-27(34)28-25(31)18-15-21-11-8-10-20-9-5-6-12-24(20)21/h5-6,8-18H,2-4,7,19H2,1H3,(H,29,32)(H2,28,30,31,34). The third-order valence-corrected chi connectivity index (χ3v) is 5.35. The highest BCUT2D eigenvalue weighted by molar-refractivity contribution is 7.80. The summed E-state index contributed by atoms with van der Waals surface area (Å²) in [4.78, 5) is 24.5. The molecule has 3 aromatic rings. The van der Waals surface area contributed by atoms with E-state index in [1.165, 1.54) is 18.9 Å². The molecule has 0 saturated carbocycles. The second kappa shape index (κ2) is 13.1. The second-order valence-electron chi connectivity index (χ2n) is 7.73. The summed E-state index contributed by atoms with van der Waals surface area (Å²) in [6.45, 7) is 2.83. The molecule has 0 spiro atoms. The first-order chi connectivity index (χ1) is 16.6. The molecule has 0 aliphatic heterocycles. The lowest BCUT2D eigenvalue weighted by molar-refractivity contribution is -0.115. The van der Waals surface area contributed by atoms with Crippen LogP contribution in [0.2, 0.25) is 0 Å². The molecule has 0 radical (unpaired) electrons. The molecule has 0 atom stereocenters. The van der Waals surface area contributed by atoms with Crippen molar-refractivity contribution in [3.8, 4) is 5.75 Å². The number of benzene rings is 3. The number of ether oxygens (including phenoxy) is 1. The highest BCUT2D eigenvalue weighted by atomic mass is 32.1. The van der Waals surface area contributed by atoms with Crippen LogP contribution in [0.5, 0.6) is 5.75 Å². The first-order valence-corrected chi connectivity index (χ1v) is 11.8. The summed E-state index contributed by atoms with van der Waals surface area (Å²) in [6.07, 6.45) is 7.69. The van der Waals surface area contributed by atoms with Crippen molar-refractivity contribution < 1.29 is 14.3 Å². The van der Waals surface area contributed by atoms with Gasteiger partial charge in [0.25, 0.3) is 5.91 Å². The molecule has 3 aromatic carbocycles. The number of hydrogen-bond acceptors (Lipinski definition) is 4. The van der Waals surface area contributed by atoms with Gasteiger partial charge in [-0.1, -0.05) is 68.7 Å². The maximum absolute atomic E-state index is 12.3. The molecular weight excluding hydrogens is 446 g/mol. The van der Waals surface area contributed by atoms with Crippen LogP contribution in [0.15, 0.2) is 72.8 Å². The number of rotatable bonds is 9. The zero-order valence-corrected chi connectivity index (χ0v) is 20.0. The fourth-order valence-corrected chi connectivity index (χ4v) is 3.50. The lowest BCUT2D eigenvalue weighted by Gasteiger charge is -2.10. The molecule has 0 heterocycles. The van der Waals surface area contributed by atoms with Crippen LogP contribution in [0.3, 0.4) is 0 Å². The SMILES string of the molecule is CCCCCCOc1ccc(C(=O)NNC(=S)NC(=O)C=Cc2cccc3ccccc23)cc1. The van der Waals surface area contributed by atoms with Crippen LogP contribution in [0.1, 0.15) is 48.5 Å². The quantitative estimate of drug-likeness (QED) is 0.173. The summed E-state index contributed by atoms with van der Waals surface area (Å²) in [5.41, 5.74) is 6.39. The third-order valence-electron chi connectivity index (χ3n) is 5.15. The monoisotopic (exact) mass is 475 g/mol. The van der Waals surface area contributed by atoms with E-state index in [4.69, 9.17) is 17.0 Å². The molecule has 0 aliphatic carbocycles. The fraction of sp³-hybridized carbons (Fsp3) is 0.222. The molecule has 6 nitrogen and oxygen atoms in total. The van der Waals surface area contributed by atoms with Crippen LogP contribution in [0.4, 0.5) is 0 Å². The number of amides is 2. The van der Waals surface area contributed by atoms with E-state index in [-0.39, 0.29) is 11.0 Å². The highest BCUT2D eigenvalue weighted by Gasteiger charge is 2.07. The molecule has 7 heteroatoms. The van der Waals surface area contributed by atoms with Crippen molar-refractivity contribution in [3.05, 3.63) is 83.9 Å². The summed E-state index contributed by atoms with van der Waals surface area (Å²) in [5, 5.41) is 4.65. The van der Waals surface area contributed by atoms with Crippen LogP contribution in [0.25, 0.3) is 16.8 Å². The van der Waals surface area contributed by atoms with E-state index in [1.807, 2.05) is 42.5 Å². The van der Waals surface area contributed by atoms with Gasteiger partial charge in [0.1, 0.15) is 5.75 Å². The van der Waals surface area contributed by atoms with Crippen molar-refractivity contribution in [2.45, 2.75) is 32.6 Å². The molecule has 2 amide bonds. The minimum absolute atomic E-state index is 0.00653. The first kappa shape index (κ1) is 24.9. The van der Waals surface area contributed by atoms with E-state index < -0.39 is 5.91 Å². The summed E-state index contributed by atoms with van der Waals surface area (Å²) in [6, 6.07) is 20.7. The van der Waals surface area contributed by atoms with Gasteiger partial charge in [0.2, 0.25) is 5.91 Å². The van der Waals surface area contributed by atoms with Crippen molar-refractivity contribution in [2.24, 2.45) is 0 Å². The smallest absolute Gasteiger partial charge is 0.269 e. The average Bonchev–Trinajstić information content (AvgIpc) is 2.86. The van der Waals surface area contributed by atoms with E-state index >= 15 is 0 Å². The van der Waals surface area contributed by atoms with Crippen LogP contribution in [0, 0.1) is 0 Å². The van der Waals surface area contributed by atoms with Crippen LogP contribution in [-0.4, -0.2) is 23.5 Å². The topological polar surface area (TPSA) is 79.5 Å². The van der Waals surface area contributed by atoms with E-state index in [0.29, 0.717) is 12.2 Å². The molecule has 176 valence electrons. The molecule has 34 heavy (non-hydrogen) atoms. The number of hydrogen-bond donors (Lipinski definition) is 3. The van der Waals surface area contributed by atoms with Gasteiger partial charge in [0.05, 0.1) is 6.61 Å². The van der Waals surface area contributed by atoms with E-state index in [1.54, 1.807) is 30.3 Å². The van der Waals surface area contributed by atoms with E-state index in [2.05, 4.69) is 23.1 Å². The minimum Gasteiger partial charge on any atom is -0.494 e. The molecule has 0 saturated heterocycles. The summed E-state index contributed by atoms with van der Waals surface area (Å²) in [7, 11) is 0. The molecule has 3 rings (SSSR count). The predicted molar refractivity (Wildman–Crippen MR) is 140 cm³/mol. The van der Waals surface area contributed by atoms with Crippen molar-refractivity contribution in [3.63, 3.8) is 0 Å². The number of fused-ring (bicyclic) bond motifs is 1. The van der Waals surface area contributed by atoms with E-state index in [9.17, 15) is 9.59 Å². The molecule has 0 unspecified atom stereocenters. The van der Waals surface area contributed by atoms with Gasteiger partial charge in [0.15, 0.2) is 5.11 Å². The Morgan fingerprint density at radius 2 is 1.68 bits per heavy atom. The number of unbranched alkanes of at least 4 members (excludes halogenated alkanes) is 3. The van der Waals surface area contributed by atoms with Gasteiger partial charge in [-0.05, 0) is 65.3 Å². The Morgan fingerprint density at radius 3 is 2.47 bits per heavy atom. The van der Waals surface area contributed by atoms with Crippen LogP contribution < -0.4 is 20.9 Å². The molecular formula is C27H29N3O3S. The fourth-order valence-electron chi connectivity index (χ4n) is 3.35. The van der Waals surface area contributed by atoms with Gasteiger partial charge in [-0.25, -0.2) is 0 Å². The zero-order chi connectivity index (χ0) is 24.2. The minimum atomic E-state index is -0.403. The number of nitrogens with one attached hydrogen (secondary N) is 3. The zero-order valence-electron chi connectivity index (χ0n) is 19.2. The maximum Gasteiger partial charge on any atom is 0.269 e. The Morgan fingerprint density at radius 1 is 0.912 bits per heavy atom. The van der Waals surface area contributed by atoms with Gasteiger partial charge < -0.3 is 4.74 Å². The van der Waals surface area contributed by atoms with Crippen molar-refractivity contribution >= 4 is 46.0 Å². The van der Waals surface area contributed by atoms with E-state index in [0.717, 1.165) is 34.9 Å². The predicted octanol–water partition coefficient (Wildman–Crippen LogP) is 5.15. The summed E-state index contributed by atoms with van der Waals surface area (Å²) in [5.74, 6) is -0.0562. The highest BCUT2D eigenvalue weighted by Crippen LogP contribution is 2.19. The number of carbonyl (C=O) groups excluding carboxylic acids is 2. The Hall–Kier alpha value is -3.71. The number of carbonyl (C=O) groups is 2. The van der Waals surface area contributed by atoms with Gasteiger partial charge in [-0.15, -0.1) is 0 Å². The van der Waals surface area contributed by atoms with Gasteiger partial charge in [0, 0.05) is 11.6 Å². The average molecular weight is 476 g/mol. The lowest BCUT2D eigenvalue weighted by Crippen LogP contribution is -2.48. The molecule has 0 aromatic heterocycles. The van der Waals surface area contributed by atoms with Crippen molar-refractivity contribution in [2.75, 3.05) is 6.61 Å².